The minimum absolute atomic E-state index is 0. The van der Waals surface area contributed by atoms with Gasteiger partial charge in [0, 0.05) is 0 Å². The maximum atomic E-state index is 11.1. The first-order valence-electron chi connectivity index (χ1n) is 5.98. The summed E-state index contributed by atoms with van der Waals surface area (Å²) >= 11 is 0. The number of hydrogen-bond acceptors (Lipinski definition) is 2. The van der Waals surface area contributed by atoms with Gasteiger partial charge in [-0.1, -0.05) is 46.0 Å². The Balaban J connectivity index is 0. The average molecular weight is 272 g/mol. The van der Waals surface area contributed by atoms with E-state index in [0.717, 1.165) is 19.3 Å². The molecule has 17 heavy (non-hydrogen) atoms. The molecule has 98 valence electrons. The van der Waals surface area contributed by atoms with E-state index in [1.165, 1.54) is 0 Å². The molecule has 0 rings (SSSR count). The summed E-state index contributed by atoms with van der Waals surface area (Å²) in [5, 5.41) is 18.2. The SMILES string of the molecule is CCCCCCC(CCC)(C(=O)O)C(=O)O.[CaH2]. The van der Waals surface area contributed by atoms with Gasteiger partial charge in [-0.2, -0.15) is 0 Å². The molecule has 0 aliphatic heterocycles. The van der Waals surface area contributed by atoms with Gasteiger partial charge < -0.3 is 10.2 Å². The van der Waals surface area contributed by atoms with E-state index in [0.29, 0.717) is 12.8 Å². The van der Waals surface area contributed by atoms with Crippen LogP contribution in [0.5, 0.6) is 0 Å². The molecule has 0 heterocycles. The number of rotatable bonds is 9. The van der Waals surface area contributed by atoms with Crippen molar-refractivity contribution in [3.05, 3.63) is 0 Å². The Morgan fingerprint density at radius 3 is 1.76 bits per heavy atom. The first-order valence-corrected chi connectivity index (χ1v) is 5.98. The van der Waals surface area contributed by atoms with Crippen molar-refractivity contribution in [1.82, 2.24) is 0 Å². The van der Waals surface area contributed by atoms with Crippen LogP contribution >= 0.6 is 0 Å². The van der Waals surface area contributed by atoms with Gasteiger partial charge in [0.25, 0.3) is 0 Å². The van der Waals surface area contributed by atoms with Crippen molar-refractivity contribution < 1.29 is 19.8 Å². The average Bonchev–Trinajstić information content (AvgIpc) is 2.21. The maximum absolute atomic E-state index is 11.1. The van der Waals surface area contributed by atoms with Crippen LogP contribution in [0.1, 0.15) is 58.8 Å². The third-order valence-corrected chi connectivity index (χ3v) is 2.95. The Kier molecular flexibility index (Phi) is 11.7. The molecule has 0 aliphatic rings. The normalized spacial score (nSPS) is 10.7. The molecule has 0 bridgehead atoms. The summed E-state index contributed by atoms with van der Waals surface area (Å²) in [6.07, 6.45) is 4.69. The molecule has 0 saturated carbocycles. The number of carboxylic acids is 2. The summed E-state index contributed by atoms with van der Waals surface area (Å²) in [6, 6.07) is 0. The molecule has 0 spiro atoms. The van der Waals surface area contributed by atoms with Gasteiger partial charge in [0.05, 0.1) is 0 Å². The van der Waals surface area contributed by atoms with Gasteiger partial charge in [0.15, 0.2) is 5.41 Å². The predicted octanol–water partition coefficient (Wildman–Crippen LogP) is 2.00. The van der Waals surface area contributed by atoms with Crippen molar-refractivity contribution >= 4 is 49.7 Å². The second-order valence-corrected chi connectivity index (χ2v) is 4.25. The molecule has 0 atom stereocenters. The number of carboxylic acid groups (broad SMARTS) is 2. The Labute approximate surface area is 133 Å². The molecule has 0 saturated heterocycles. The molecule has 0 aliphatic carbocycles. The third-order valence-electron chi connectivity index (χ3n) is 2.95. The van der Waals surface area contributed by atoms with Crippen molar-refractivity contribution in [2.45, 2.75) is 58.8 Å². The Bertz CT molecular complexity index is 227. The first kappa shape index (κ1) is 19.5. The van der Waals surface area contributed by atoms with Crippen molar-refractivity contribution in [2.75, 3.05) is 0 Å². The minimum atomic E-state index is -1.57. The summed E-state index contributed by atoms with van der Waals surface area (Å²) in [4.78, 5) is 22.3. The van der Waals surface area contributed by atoms with Gasteiger partial charge in [0.2, 0.25) is 0 Å². The quantitative estimate of drug-likeness (QED) is 0.382. The van der Waals surface area contributed by atoms with Crippen molar-refractivity contribution in [3.63, 3.8) is 0 Å². The Morgan fingerprint density at radius 1 is 0.882 bits per heavy atom. The summed E-state index contributed by atoms with van der Waals surface area (Å²) < 4.78 is 0. The number of unbranched alkanes of at least 4 members (excludes halogenated alkanes) is 3. The zero-order chi connectivity index (χ0) is 12.6. The van der Waals surface area contributed by atoms with Crippen LogP contribution in [0.15, 0.2) is 0 Å². The summed E-state index contributed by atoms with van der Waals surface area (Å²) in [5.41, 5.74) is -1.57. The second-order valence-electron chi connectivity index (χ2n) is 4.25. The van der Waals surface area contributed by atoms with E-state index in [9.17, 15) is 9.59 Å². The van der Waals surface area contributed by atoms with Crippen LogP contribution in [0.3, 0.4) is 0 Å². The zero-order valence-electron chi connectivity index (χ0n) is 10.2. The van der Waals surface area contributed by atoms with Crippen LogP contribution in [0.25, 0.3) is 0 Å². The van der Waals surface area contributed by atoms with E-state index >= 15 is 0 Å². The monoisotopic (exact) mass is 272 g/mol. The molecule has 0 unspecified atom stereocenters. The molecule has 0 amide bonds. The van der Waals surface area contributed by atoms with E-state index < -0.39 is 17.4 Å². The molecule has 0 aromatic heterocycles. The second kappa shape index (κ2) is 10.2. The van der Waals surface area contributed by atoms with Crippen LogP contribution < -0.4 is 0 Å². The molecule has 0 radical (unpaired) electrons. The molecule has 0 aromatic rings. The van der Waals surface area contributed by atoms with Crippen molar-refractivity contribution in [2.24, 2.45) is 5.41 Å². The molecule has 0 aromatic carbocycles. The first-order chi connectivity index (χ1) is 7.51. The van der Waals surface area contributed by atoms with E-state index in [2.05, 4.69) is 6.92 Å². The fourth-order valence-corrected chi connectivity index (χ4v) is 1.92. The fourth-order valence-electron chi connectivity index (χ4n) is 1.92. The molecule has 2 N–H and O–H groups in total. The van der Waals surface area contributed by atoms with Crippen molar-refractivity contribution in [3.8, 4) is 0 Å². The van der Waals surface area contributed by atoms with Gasteiger partial charge in [-0.15, -0.1) is 0 Å². The molecule has 4 nitrogen and oxygen atoms in total. The van der Waals surface area contributed by atoms with E-state index in [1.54, 1.807) is 0 Å². The summed E-state index contributed by atoms with van der Waals surface area (Å²) in [5.74, 6) is -2.39. The van der Waals surface area contributed by atoms with E-state index in [1.807, 2.05) is 6.92 Å². The van der Waals surface area contributed by atoms with E-state index in [-0.39, 0.29) is 50.6 Å². The standard InChI is InChI=1S/C12H22O4.Ca.2H/c1-3-5-6-7-9-12(8-4-2,10(13)14)11(15)16;;;/h3-9H2,1-2H3,(H,13,14)(H,15,16);;;. The molecular weight excluding hydrogens is 248 g/mol. The van der Waals surface area contributed by atoms with Crippen LogP contribution in [-0.2, 0) is 9.59 Å². The number of hydrogen-bond donors (Lipinski definition) is 2. The summed E-state index contributed by atoms with van der Waals surface area (Å²) in [7, 11) is 0. The van der Waals surface area contributed by atoms with E-state index in [4.69, 9.17) is 10.2 Å². The molecule has 5 heteroatoms. The van der Waals surface area contributed by atoms with Crippen LogP contribution in [0.2, 0.25) is 0 Å². The number of carbonyl (C=O) groups is 2. The third kappa shape index (κ3) is 6.07. The van der Waals surface area contributed by atoms with Crippen LogP contribution in [-0.4, -0.2) is 59.9 Å². The van der Waals surface area contributed by atoms with Gasteiger partial charge in [-0.25, -0.2) is 0 Å². The Hall–Kier alpha value is 0.200. The van der Waals surface area contributed by atoms with Crippen molar-refractivity contribution in [1.29, 1.82) is 0 Å². The van der Waals surface area contributed by atoms with Gasteiger partial charge in [-0.3, -0.25) is 9.59 Å². The molecule has 0 fully saturated rings. The van der Waals surface area contributed by atoms with Crippen LogP contribution in [0.4, 0.5) is 0 Å². The topological polar surface area (TPSA) is 74.6 Å². The van der Waals surface area contributed by atoms with Crippen LogP contribution in [0, 0.1) is 5.41 Å². The fraction of sp³-hybridized carbons (Fsp3) is 0.833. The Morgan fingerprint density at radius 2 is 1.41 bits per heavy atom. The number of aliphatic carboxylic acids is 2. The molecular formula is C12H24CaO4. The predicted molar refractivity (Wildman–Crippen MR) is 69.9 cm³/mol. The zero-order valence-corrected chi connectivity index (χ0v) is 10.2. The van der Waals surface area contributed by atoms with Gasteiger partial charge in [0.1, 0.15) is 0 Å². The van der Waals surface area contributed by atoms with Gasteiger partial charge in [-0.05, 0) is 12.8 Å². The van der Waals surface area contributed by atoms with Gasteiger partial charge >= 0.3 is 49.7 Å². The summed E-state index contributed by atoms with van der Waals surface area (Å²) in [6.45, 7) is 3.88.